The molecule has 104 valence electrons. The van der Waals surface area contributed by atoms with Crippen LogP contribution in [0.4, 0.5) is 4.79 Å². The first-order valence-electron chi connectivity index (χ1n) is 5.60. The molecule has 0 saturated heterocycles. The molecule has 1 unspecified atom stereocenters. The number of rotatable bonds is 9. The fraction of sp³-hybridized carbons (Fsp3) is 0.700. The van der Waals surface area contributed by atoms with E-state index in [2.05, 4.69) is 10.6 Å². The van der Waals surface area contributed by atoms with Crippen LogP contribution >= 0.6 is 0 Å². The summed E-state index contributed by atoms with van der Waals surface area (Å²) in [6.07, 6.45) is 0.177. The molecular formula is C10H19N3O5. The van der Waals surface area contributed by atoms with E-state index in [4.69, 9.17) is 15.6 Å². The Bertz CT molecular complexity index is 295. The molecule has 0 aromatic heterocycles. The van der Waals surface area contributed by atoms with Crippen LogP contribution in [0.5, 0.6) is 0 Å². The third-order valence-corrected chi connectivity index (χ3v) is 1.96. The van der Waals surface area contributed by atoms with Crippen LogP contribution in [0.15, 0.2) is 0 Å². The number of nitrogens with two attached hydrogens (primary N) is 1. The van der Waals surface area contributed by atoms with Gasteiger partial charge in [0.1, 0.15) is 6.04 Å². The highest BCUT2D eigenvalue weighted by Gasteiger charge is 2.21. The topological polar surface area (TPSA) is 131 Å². The Kier molecular flexibility index (Phi) is 8.29. The van der Waals surface area contributed by atoms with Gasteiger partial charge in [-0.25, -0.2) is 9.59 Å². The molecule has 0 fully saturated rings. The van der Waals surface area contributed by atoms with Crippen LogP contribution < -0.4 is 16.4 Å². The standard InChI is InChI=1S/C10H19N3O5/c1-2-18-5-3-4-12-10(17)13-7(9(15)16)6-8(11)14/h7H,2-6H2,1H3,(H2,11,14)(H,15,16)(H2,12,13,17). The number of carboxylic acid groups (broad SMARTS) is 1. The molecule has 0 bridgehead atoms. The normalized spacial score (nSPS) is 11.6. The van der Waals surface area contributed by atoms with Crippen LogP contribution in [-0.2, 0) is 14.3 Å². The molecule has 5 N–H and O–H groups in total. The number of primary amides is 1. The third-order valence-electron chi connectivity index (χ3n) is 1.96. The van der Waals surface area contributed by atoms with Crippen molar-refractivity contribution in [2.24, 2.45) is 5.73 Å². The highest BCUT2D eigenvalue weighted by Crippen LogP contribution is 1.91. The van der Waals surface area contributed by atoms with Crippen LogP contribution in [0, 0.1) is 0 Å². The lowest BCUT2D eigenvalue weighted by molar-refractivity contribution is -0.140. The van der Waals surface area contributed by atoms with E-state index in [1.807, 2.05) is 6.92 Å². The Morgan fingerprint density at radius 3 is 2.56 bits per heavy atom. The molecule has 8 heteroatoms. The smallest absolute Gasteiger partial charge is 0.326 e. The second-order valence-electron chi connectivity index (χ2n) is 3.51. The molecule has 0 heterocycles. The van der Waals surface area contributed by atoms with Crippen molar-refractivity contribution in [3.05, 3.63) is 0 Å². The fourth-order valence-corrected chi connectivity index (χ4v) is 1.13. The van der Waals surface area contributed by atoms with Gasteiger partial charge in [-0.05, 0) is 13.3 Å². The summed E-state index contributed by atoms with van der Waals surface area (Å²) in [7, 11) is 0. The molecule has 18 heavy (non-hydrogen) atoms. The summed E-state index contributed by atoms with van der Waals surface area (Å²) < 4.78 is 5.06. The number of aliphatic carboxylic acids is 1. The predicted octanol–water partition coefficient (Wildman–Crippen LogP) is -0.959. The molecule has 0 aliphatic heterocycles. The number of ether oxygens (including phenoxy) is 1. The summed E-state index contributed by atoms with van der Waals surface area (Å²) in [6, 6.07) is -1.96. The molecular weight excluding hydrogens is 242 g/mol. The molecule has 0 radical (unpaired) electrons. The first kappa shape index (κ1) is 16.2. The minimum absolute atomic E-state index is 0.356. The van der Waals surface area contributed by atoms with Gasteiger partial charge in [-0.2, -0.15) is 0 Å². The van der Waals surface area contributed by atoms with E-state index in [1.54, 1.807) is 0 Å². The van der Waals surface area contributed by atoms with Crippen molar-refractivity contribution in [1.29, 1.82) is 0 Å². The number of carbonyl (C=O) groups excluding carboxylic acids is 2. The van der Waals surface area contributed by atoms with Gasteiger partial charge in [0.15, 0.2) is 0 Å². The molecule has 0 saturated carbocycles. The average molecular weight is 261 g/mol. The van der Waals surface area contributed by atoms with Crippen molar-refractivity contribution in [1.82, 2.24) is 10.6 Å². The Morgan fingerprint density at radius 1 is 1.39 bits per heavy atom. The molecule has 1 atom stereocenters. The highest BCUT2D eigenvalue weighted by atomic mass is 16.5. The van der Waals surface area contributed by atoms with E-state index in [0.717, 1.165) is 0 Å². The van der Waals surface area contributed by atoms with Crippen molar-refractivity contribution in [3.8, 4) is 0 Å². The number of hydrogen-bond donors (Lipinski definition) is 4. The lowest BCUT2D eigenvalue weighted by Gasteiger charge is -2.13. The molecule has 0 aliphatic carbocycles. The maximum absolute atomic E-state index is 11.3. The largest absolute Gasteiger partial charge is 0.480 e. The van der Waals surface area contributed by atoms with Crippen LogP contribution in [0.3, 0.4) is 0 Å². The van der Waals surface area contributed by atoms with Crippen molar-refractivity contribution in [2.75, 3.05) is 19.8 Å². The number of carboxylic acids is 1. The quantitative estimate of drug-likeness (QED) is 0.397. The zero-order chi connectivity index (χ0) is 14.0. The third kappa shape index (κ3) is 8.34. The first-order chi connectivity index (χ1) is 8.47. The zero-order valence-electron chi connectivity index (χ0n) is 10.3. The summed E-state index contributed by atoms with van der Waals surface area (Å²) in [5, 5.41) is 13.3. The summed E-state index contributed by atoms with van der Waals surface area (Å²) in [6.45, 7) is 3.34. The van der Waals surface area contributed by atoms with Gasteiger partial charge in [0, 0.05) is 19.8 Å². The van der Waals surface area contributed by atoms with E-state index < -0.39 is 30.4 Å². The van der Waals surface area contributed by atoms with E-state index in [1.165, 1.54) is 0 Å². The van der Waals surface area contributed by atoms with Crippen molar-refractivity contribution >= 4 is 17.9 Å². The Labute approximate surface area is 105 Å². The van der Waals surface area contributed by atoms with Gasteiger partial charge in [-0.1, -0.05) is 0 Å². The molecule has 8 nitrogen and oxygen atoms in total. The van der Waals surface area contributed by atoms with Gasteiger partial charge >= 0.3 is 12.0 Å². The average Bonchev–Trinajstić information content (AvgIpc) is 2.27. The molecule has 0 aromatic rings. The van der Waals surface area contributed by atoms with Crippen LogP contribution in [0.1, 0.15) is 19.8 Å². The number of carbonyl (C=O) groups is 3. The van der Waals surface area contributed by atoms with Crippen molar-refractivity contribution < 1.29 is 24.2 Å². The molecule has 0 aromatic carbocycles. The molecule has 0 rings (SSSR count). The fourth-order valence-electron chi connectivity index (χ4n) is 1.13. The highest BCUT2D eigenvalue weighted by molar-refractivity contribution is 5.87. The second kappa shape index (κ2) is 9.23. The van der Waals surface area contributed by atoms with Gasteiger partial charge < -0.3 is 26.2 Å². The predicted molar refractivity (Wildman–Crippen MR) is 62.9 cm³/mol. The van der Waals surface area contributed by atoms with Crippen LogP contribution in [-0.4, -0.2) is 48.8 Å². The summed E-state index contributed by atoms with van der Waals surface area (Å²) in [5.74, 6) is -2.10. The minimum atomic E-state index is -1.31. The Morgan fingerprint density at radius 2 is 2.06 bits per heavy atom. The zero-order valence-corrected chi connectivity index (χ0v) is 10.3. The van der Waals surface area contributed by atoms with Gasteiger partial charge in [0.25, 0.3) is 0 Å². The maximum atomic E-state index is 11.3. The number of urea groups is 1. The monoisotopic (exact) mass is 261 g/mol. The van der Waals surface area contributed by atoms with Crippen molar-refractivity contribution in [2.45, 2.75) is 25.8 Å². The lowest BCUT2D eigenvalue weighted by Crippen LogP contribution is -2.47. The van der Waals surface area contributed by atoms with Gasteiger partial charge in [-0.15, -0.1) is 0 Å². The van der Waals surface area contributed by atoms with Gasteiger partial charge in [0.2, 0.25) is 5.91 Å². The van der Waals surface area contributed by atoms with Crippen molar-refractivity contribution in [3.63, 3.8) is 0 Å². The van der Waals surface area contributed by atoms with E-state index in [9.17, 15) is 14.4 Å². The molecule has 0 spiro atoms. The summed E-state index contributed by atoms with van der Waals surface area (Å²) >= 11 is 0. The van der Waals surface area contributed by atoms with E-state index in [0.29, 0.717) is 26.2 Å². The minimum Gasteiger partial charge on any atom is -0.480 e. The van der Waals surface area contributed by atoms with Gasteiger partial charge in [-0.3, -0.25) is 4.79 Å². The number of amides is 3. The maximum Gasteiger partial charge on any atom is 0.326 e. The SMILES string of the molecule is CCOCCCNC(=O)NC(CC(N)=O)C(=O)O. The van der Waals surface area contributed by atoms with E-state index in [-0.39, 0.29) is 0 Å². The number of nitrogens with one attached hydrogen (secondary N) is 2. The Hall–Kier alpha value is -1.83. The molecule has 3 amide bonds. The lowest BCUT2D eigenvalue weighted by atomic mass is 10.2. The second-order valence-corrected chi connectivity index (χ2v) is 3.51. The Balaban J connectivity index is 3.88. The molecule has 0 aliphatic rings. The van der Waals surface area contributed by atoms with E-state index >= 15 is 0 Å². The first-order valence-corrected chi connectivity index (χ1v) is 5.60. The number of hydrogen-bond acceptors (Lipinski definition) is 4. The van der Waals surface area contributed by atoms with Crippen LogP contribution in [0.25, 0.3) is 0 Å². The summed E-state index contributed by atoms with van der Waals surface area (Å²) in [5.41, 5.74) is 4.87. The summed E-state index contributed by atoms with van der Waals surface area (Å²) in [4.78, 5) is 32.6. The van der Waals surface area contributed by atoms with Crippen LogP contribution in [0.2, 0.25) is 0 Å². The van der Waals surface area contributed by atoms with Gasteiger partial charge in [0.05, 0.1) is 6.42 Å².